The van der Waals surface area contributed by atoms with Crippen molar-refractivity contribution in [3.8, 4) is 0 Å². The third-order valence-corrected chi connectivity index (χ3v) is 6.54. The van der Waals surface area contributed by atoms with Crippen molar-refractivity contribution in [2.75, 3.05) is 12.0 Å². The molecule has 5 unspecified atom stereocenters. The summed E-state index contributed by atoms with van der Waals surface area (Å²) in [6.07, 6.45) is 3.06. The van der Waals surface area contributed by atoms with E-state index in [4.69, 9.17) is 5.73 Å². The highest BCUT2D eigenvalue weighted by atomic mass is 32.2. The summed E-state index contributed by atoms with van der Waals surface area (Å²) in [5, 5.41) is 17.4. The van der Waals surface area contributed by atoms with E-state index in [9.17, 15) is 24.3 Å². The molecular formula is C25H40N4O5S. The fraction of sp³-hybridized carbons (Fsp3) is 0.600. The van der Waals surface area contributed by atoms with Crippen LogP contribution in [0.4, 0.5) is 0 Å². The van der Waals surface area contributed by atoms with Crippen LogP contribution in [0.15, 0.2) is 30.3 Å². The van der Waals surface area contributed by atoms with Crippen molar-refractivity contribution in [2.45, 2.75) is 71.1 Å². The fourth-order valence-electron chi connectivity index (χ4n) is 3.46. The average molecular weight is 509 g/mol. The Labute approximate surface area is 212 Å². The van der Waals surface area contributed by atoms with Crippen molar-refractivity contribution in [3.63, 3.8) is 0 Å². The van der Waals surface area contributed by atoms with Crippen LogP contribution < -0.4 is 21.7 Å². The lowest BCUT2D eigenvalue weighted by Gasteiger charge is -2.29. The molecule has 0 aliphatic carbocycles. The van der Waals surface area contributed by atoms with Gasteiger partial charge < -0.3 is 26.8 Å². The number of aliphatic carboxylic acids is 1. The molecule has 0 saturated heterocycles. The van der Waals surface area contributed by atoms with Gasteiger partial charge in [0.25, 0.3) is 0 Å². The Kier molecular flexibility index (Phi) is 13.4. The number of benzene rings is 1. The summed E-state index contributed by atoms with van der Waals surface area (Å²) >= 11 is 1.48. The van der Waals surface area contributed by atoms with E-state index in [1.807, 2.05) is 50.4 Å². The zero-order valence-corrected chi connectivity index (χ0v) is 22.1. The quantitative estimate of drug-likeness (QED) is 0.241. The molecule has 0 heterocycles. The molecule has 0 radical (unpaired) electrons. The number of carboxylic acids is 1. The van der Waals surface area contributed by atoms with E-state index in [0.29, 0.717) is 18.6 Å². The number of carboxylic acid groups (broad SMARTS) is 1. The first-order valence-corrected chi connectivity index (χ1v) is 13.3. The van der Waals surface area contributed by atoms with Crippen molar-refractivity contribution < 1.29 is 24.3 Å². The smallest absolute Gasteiger partial charge is 0.326 e. The highest BCUT2D eigenvalue weighted by Crippen LogP contribution is 2.12. The average Bonchev–Trinajstić information content (AvgIpc) is 2.82. The first-order valence-electron chi connectivity index (χ1n) is 11.9. The highest BCUT2D eigenvalue weighted by Gasteiger charge is 2.33. The molecule has 0 bridgehead atoms. The van der Waals surface area contributed by atoms with Crippen LogP contribution in [0.5, 0.6) is 0 Å². The first kappa shape index (κ1) is 30.4. The van der Waals surface area contributed by atoms with E-state index in [0.717, 1.165) is 5.56 Å². The molecule has 9 nitrogen and oxygen atoms in total. The molecule has 0 saturated carbocycles. The van der Waals surface area contributed by atoms with E-state index in [1.165, 1.54) is 11.8 Å². The molecule has 196 valence electrons. The first-order chi connectivity index (χ1) is 16.5. The molecule has 1 aromatic rings. The summed E-state index contributed by atoms with van der Waals surface area (Å²) in [6.45, 7) is 7.25. The van der Waals surface area contributed by atoms with Crippen LogP contribution in [0, 0.1) is 11.8 Å². The van der Waals surface area contributed by atoms with Crippen LogP contribution in [-0.4, -0.2) is 65.0 Å². The maximum Gasteiger partial charge on any atom is 0.326 e. The predicted molar refractivity (Wildman–Crippen MR) is 139 cm³/mol. The van der Waals surface area contributed by atoms with Crippen molar-refractivity contribution in [1.82, 2.24) is 16.0 Å². The maximum atomic E-state index is 13.2. The summed E-state index contributed by atoms with van der Waals surface area (Å²) in [4.78, 5) is 50.4. The number of nitrogens with one attached hydrogen (secondary N) is 3. The number of carbonyl (C=O) groups is 4. The van der Waals surface area contributed by atoms with Gasteiger partial charge in [0.2, 0.25) is 17.7 Å². The van der Waals surface area contributed by atoms with Crippen LogP contribution in [0.2, 0.25) is 0 Å². The molecule has 1 rings (SSSR count). The predicted octanol–water partition coefficient (Wildman–Crippen LogP) is 1.55. The van der Waals surface area contributed by atoms with Gasteiger partial charge in [-0.3, -0.25) is 14.4 Å². The molecule has 1 aromatic carbocycles. The fourth-order valence-corrected chi connectivity index (χ4v) is 3.93. The monoisotopic (exact) mass is 508 g/mol. The highest BCUT2D eigenvalue weighted by molar-refractivity contribution is 7.98. The maximum absolute atomic E-state index is 13.2. The summed E-state index contributed by atoms with van der Waals surface area (Å²) in [7, 11) is 0. The van der Waals surface area contributed by atoms with E-state index in [2.05, 4.69) is 16.0 Å². The van der Waals surface area contributed by atoms with Gasteiger partial charge in [0, 0.05) is 0 Å². The van der Waals surface area contributed by atoms with E-state index in [-0.39, 0.29) is 18.3 Å². The summed E-state index contributed by atoms with van der Waals surface area (Å²) in [5.41, 5.74) is 7.00. The van der Waals surface area contributed by atoms with Crippen LogP contribution in [-0.2, 0) is 25.6 Å². The Balaban J connectivity index is 2.92. The summed E-state index contributed by atoms with van der Waals surface area (Å²) in [5.74, 6) is -2.61. The summed E-state index contributed by atoms with van der Waals surface area (Å²) in [6, 6.07) is 5.62. The molecule has 35 heavy (non-hydrogen) atoms. The third kappa shape index (κ3) is 10.3. The number of hydrogen-bond donors (Lipinski definition) is 5. The normalized spacial score (nSPS) is 15.4. The molecule has 3 amide bonds. The van der Waals surface area contributed by atoms with Gasteiger partial charge in [0.15, 0.2) is 0 Å². The van der Waals surface area contributed by atoms with Gasteiger partial charge in [-0.05, 0) is 42.2 Å². The number of amides is 3. The molecular weight excluding hydrogens is 468 g/mol. The molecule has 0 aliphatic heterocycles. The Morgan fingerprint density at radius 2 is 1.51 bits per heavy atom. The van der Waals surface area contributed by atoms with Gasteiger partial charge in [-0.2, -0.15) is 11.8 Å². The number of hydrogen-bond acceptors (Lipinski definition) is 6. The second-order valence-electron chi connectivity index (χ2n) is 9.08. The van der Waals surface area contributed by atoms with E-state index < -0.39 is 47.9 Å². The van der Waals surface area contributed by atoms with Crippen LogP contribution in [0.3, 0.4) is 0 Å². The molecule has 6 N–H and O–H groups in total. The van der Waals surface area contributed by atoms with Crippen molar-refractivity contribution in [2.24, 2.45) is 17.6 Å². The van der Waals surface area contributed by atoms with E-state index in [1.54, 1.807) is 13.8 Å². The van der Waals surface area contributed by atoms with Crippen molar-refractivity contribution in [1.29, 1.82) is 0 Å². The largest absolute Gasteiger partial charge is 0.480 e. The van der Waals surface area contributed by atoms with Crippen LogP contribution >= 0.6 is 11.8 Å². The topological polar surface area (TPSA) is 151 Å². The van der Waals surface area contributed by atoms with Gasteiger partial charge in [0.1, 0.15) is 18.1 Å². The van der Waals surface area contributed by atoms with Gasteiger partial charge in [-0.15, -0.1) is 0 Å². The summed E-state index contributed by atoms with van der Waals surface area (Å²) < 4.78 is 0. The van der Waals surface area contributed by atoms with Crippen molar-refractivity contribution >= 4 is 35.5 Å². The lowest BCUT2D eigenvalue weighted by atomic mass is 9.95. The molecule has 0 spiro atoms. The van der Waals surface area contributed by atoms with Gasteiger partial charge in [0.05, 0.1) is 6.04 Å². The molecule has 0 fully saturated rings. The third-order valence-electron chi connectivity index (χ3n) is 5.90. The Hall–Kier alpha value is -2.59. The second kappa shape index (κ2) is 15.4. The van der Waals surface area contributed by atoms with Gasteiger partial charge in [-0.1, -0.05) is 64.4 Å². The number of carbonyl (C=O) groups excluding carboxylic acids is 3. The van der Waals surface area contributed by atoms with Crippen LogP contribution in [0.1, 0.15) is 46.1 Å². The Morgan fingerprint density at radius 1 is 0.943 bits per heavy atom. The number of nitrogens with two attached hydrogens (primary N) is 1. The minimum Gasteiger partial charge on any atom is -0.480 e. The lowest BCUT2D eigenvalue weighted by molar-refractivity contribution is -0.142. The zero-order valence-electron chi connectivity index (χ0n) is 21.2. The second-order valence-corrected chi connectivity index (χ2v) is 10.1. The van der Waals surface area contributed by atoms with Crippen LogP contribution in [0.25, 0.3) is 0 Å². The minimum atomic E-state index is -1.13. The standard InChI is InChI=1S/C25H40N4O5S/c1-6-16(4)21(29-22(30)18(26)14-17-10-8-7-9-11-17)24(32)28-20(15(2)3)23(31)27-19(25(33)34)12-13-35-5/h7-11,15-16,18-21H,6,12-14,26H2,1-5H3,(H,27,31)(H,28,32)(H,29,30)(H,33,34). The Bertz CT molecular complexity index is 836. The molecule has 5 atom stereocenters. The Morgan fingerprint density at radius 3 is 2.03 bits per heavy atom. The lowest BCUT2D eigenvalue weighted by Crippen LogP contribution is -2.60. The zero-order chi connectivity index (χ0) is 26.5. The number of thioether (sulfide) groups is 1. The van der Waals surface area contributed by atoms with Gasteiger partial charge in [-0.25, -0.2) is 4.79 Å². The van der Waals surface area contributed by atoms with E-state index >= 15 is 0 Å². The SMILES string of the molecule is CCC(C)C(NC(=O)C(N)Cc1ccccc1)C(=O)NC(C(=O)NC(CCSC)C(=O)O)C(C)C. The minimum absolute atomic E-state index is 0.216. The molecule has 0 aromatic heterocycles. The number of rotatable bonds is 15. The molecule has 10 heteroatoms. The molecule has 0 aliphatic rings. The van der Waals surface area contributed by atoms with Crippen molar-refractivity contribution in [3.05, 3.63) is 35.9 Å². The van der Waals surface area contributed by atoms with Gasteiger partial charge >= 0.3 is 5.97 Å².